The molecule has 0 unspecified atom stereocenters. The largest absolute Gasteiger partial charge is 0.0885 e. The SMILES string of the molecule is CCCCCCCCCCCCCC/C=C/CCCCC/C=C/CCCCC/C=C/CCCCCC(C)(C)C. The van der Waals surface area contributed by atoms with Gasteiger partial charge in [0.2, 0.25) is 0 Å². The molecule has 0 aromatic carbocycles. The second-order valence-corrected chi connectivity index (χ2v) is 13.5. The Hall–Kier alpha value is -0.780. The van der Waals surface area contributed by atoms with Gasteiger partial charge in [0.25, 0.3) is 0 Å². The first-order chi connectivity index (χ1) is 19.1. The van der Waals surface area contributed by atoms with E-state index in [9.17, 15) is 0 Å². The fourth-order valence-corrected chi connectivity index (χ4v) is 5.31. The van der Waals surface area contributed by atoms with Crippen molar-refractivity contribution in [2.24, 2.45) is 5.41 Å². The Labute approximate surface area is 249 Å². The molecule has 0 fully saturated rings. The van der Waals surface area contributed by atoms with Crippen LogP contribution in [-0.4, -0.2) is 0 Å². The lowest BCUT2D eigenvalue weighted by Crippen LogP contribution is -2.03. The van der Waals surface area contributed by atoms with E-state index in [-0.39, 0.29) is 0 Å². The molecular formula is C39H74. The van der Waals surface area contributed by atoms with Crippen LogP contribution >= 0.6 is 0 Å². The summed E-state index contributed by atoms with van der Waals surface area (Å²) in [6, 6.07) is 0. The summed E-state index contributed by atoms with van der Waals surface area (Å²) in [5.74, 6) is 0. The van der Waals surface area contributed by atoms with Gasteiger partial charge in [0.1, 0.15) is 0 Å². The predicted molar refractivity (Wildman–Crippen MR) is 182 cm³/mol. The van der Waals surface area contributed by atoms with Crippen LogP contribution in [0.4, 0.5) is 0 Å². The molecule has 0 aliphatic carbocycles. The molecule has 39 heavy (non-hydrogen) atoms. The van der Waals surface area contributed by atoms with Gasteiger partial charge >= 0.3 is 0 Å². The van der Waals surface area contributed by atoms with Crippen molar-refractivity contribution in [2.75, 3.05) is 0 Å². The monoisotopic (exact) mass is 543 g/mol. The summed E-state index contributed by atoms with van der Waals surface area (Å²) in [6.07, 6.45) is 53.4. The Morgan fingerprint density at radius 3 is 0.821 bits per heavy atom. The second kappa shape index (κ2) is 31.7. The van der Waals surface area contributed by atoms with Gasteiger partial charge in [-0.3, -0.25) is 0 Å². The molecule has 230 valence electrons. The highest BCUT2D eigenvalue weighted by atomic mass is 14.1. The smallest absolute Gasteiger partial charge is 0.0351 e. The number of rotatable bonds is 30. The zero-order valence-corrected chi connectivity index (χ0v) is 27.8. The van der Waals surface area contributed by atoms with Crippen molar-refractivity contribution in [1.29, 1.82) is 0 Å². The van der Waals surface area contributed by atoms with Gasteiger partial charge in [-0.2, -0.15) is 0 Å². The van der Waals surface area contributed by atoms with Crippen molar-refractivity contribution in [3.63, 3.8) is 0 Å². The summed E-state index contributed by atoms with van der Waals surface area (Å²) in [4.78, 5) is 0. The summed E-state index contributed by atoms with van der Waals surface area (Å²) in [7, 11) is 0. The van der Waals surface area contributed by atoms with Crippen molar-refractivity contribution in [2.45, 2.75) is 207 Å². The molecule has 0 bridgehead atoms. The van der Waals surface area contributed by atoms with Gasteiger partial charge in [-0.15, -0.1) is 0 Å². The average molecular weight is 543 g/mol. The Morgan fingerprint density at radius 2 is 0.538 bits per heavy atom. The number of allylic oxidation sites excluding steroid dienone is 6. The lowest BCUT2D eigenvalue weighted by molar-refractivity contribution is 0.358. The number of hydrogen-bond acceptors (Lipinski definition) is 0. The summed E-state index contributed by atoms with van der Waals surface area (Å²) in [5.41, 5.74) is 0.508. The first kappa shape index (κ1) is 38.2. The van der Waals surface area contributed by atoms with Crippen molar-refractivity contribution in [1.82, 2.24) is 0 Å². The normalized spacial score (nSPS) is 12.6. The molecule has 0 aliphatic rings. The average Bonchev–Trinajstić information content (AvgIpc) is 2.90. The van der Waals surface area contributed by atoms with Crippen LogP contribution in [0.15, 0.2) is 36.5 Å². The molecule has 0 saturated carbocycles. The fourth-order valence-electron chi connectivity index (χ4n) is 5.31. The first-order valence-electron chi connectivity index (χ1n) is 18.0. The molecule has 0 rings (SSSR count). The molecular weight excluding hydrogens is 468 g/mol. The van der Waals surface area contributed by atoms with Crippen LogP contribution in [0.2, 0.25) is 0 Å². The van der Waals surface area contributed by atoms with Gasteiger partial charge in [0.05, 0.1) is 0 Å². The van der Waals surface area contributed by atoms with Gasteiger partial charge < -0.3 is 0 Å². The minimum atomic E-state index is 0.508. The minimum absolute atomic E-state index is 0.508. The van der Waals surface area contributed by atoms with E-state index in [2.05, 4.69) is 64.2 Å². The lowest BCUT2D eigenvalue weighted by Gasteiger charge is -2.17. The van der Waals surface area contributed by atoms with Crippen LogP contribution < -0.4 is 0 Å². The Morgan fingerprint density at radius 1 is 0.308 bits per heavy atom. The molecule has 0 saturated heterocycles. The van der Waals surface area contributed by atoms with E-state index < -0.39 is 0 Å². The molecule has 0 nitrogen and oxygen atoms in total. The highest BCUT2D eigenvalue weighted by molar-refractivity contribution is 4.84. The highest BCUT2D eigenvalue weighted by Gasteiger charge is 2.08. The summed E-state index contributed by atoms with van der Waals surface area (Å²) < 4.78 is 0. The van der Waals surface area contributed by atoms with Gasteiger partial charge in [-0.25, -0.2) is 0 Å². The Balaban J connectivity index is 3.22. The van der Waals surface area contributed by atoms with Crippen molar-refractivity contribution in [3.05, 3.63) is 36.5 Å². The standard InChI is InChI=1S/C39H74/c1-5-6-7-8-9-10-11-12-13-14-15-16-17-18-19-20-21-22-23-24-25-26-27-28-29-30-31-32-33-34-35-36-37-38-39(2,3)4/h18-19,25-26,32-33H,5-17,20-24,27-31,34-38H2,1-4H3/b19-18+,26-25+,33-32+. The Kier molecular flexibility index (Phi) is 31.1. The third-order valence-corrected chi connectivity index (χ3v) is 8.01. The van der Waals surface area contributed by atoms with E-state index in [1.165, 1.54) is 180 Å². The van der Waals surface area contributed by atoms with Crippen molar-refractivity contribution >= 4 is 0 Å². The summed E-state index contributed by atoms with van der Waals surface area (Å²) >= 11 is 0. The maximum absolute atomic E-state index is 2.45. The summed E-state index contributed by atoms with van der Waals surface area (Å²) in [5, 5.41) is 0. The van der Waals surface area contributed by atoms with E-state index in [0.717, 1.165) is 0 Å². The molecule has 0 heteroatoms. The number of hydrogen-bond donors (Lipinski definition) is 0. The van der Waals surface area contributed by atoms with Crippen LogP contribution in [0.1, 0.15) is 207 Å². The minimum Gasteiger partial charge on any atom is -0.0885 e. The zero-order chi connectivity index (χ0) is 28.5. The Bertz CT molecular complexity index is 529. The predicted octanol–water partition coefficient (Wildman–Crippen LogP) is 14.6. The molecule has 0 radical (unpaired) electrons. The van der Waals surface area contributed by atoms with Gasteiger partial charge in [0.15, 0.2) is 0 Å². The first-order valence-corrected chi connectivity index (χ1v) is 18.0. The topological polar surface area (TPSA) is 0 Å². The molecule has 0 aromatic rings. The molecule has 0 amide bonds. The van der Waals surface area contributed by atoms with Crippen LogP contribution in [-0.2, 0) is 0 Å². The molecule has 0 aliphatic heterocycles. The molecule has 0 atom stereocenters. The molecule has 0 N–H and O–H groups in total. The van der Waals surface area contributed by atoms with Crippen LogP contribution in [0.25, 0.3) is 0 Å². The fraction of sp³-hybridized carbons (Fsp3) is 0.846. The maximum atomic E-state index is 2.45. The second-order valence-electron chi connectivity index (χ2n) is 13.5. The van der Waals surface area contributed by atoms with Crippen molar-refractivity contribution < 1.29 is 0 Å². The van der Waals surface area contributed by atoms with Gasteiger partial charge in [-0.05, 0) is 88.9 Å². The molecule has 0 heterocycles. The van der Waals surface area contributed by atoms with E-state index in [1.807, 2.05) is 0 Å². The van der Waals surface area contributed by atoms with Crippen LogP contribution in [0.5, 0.6) is 0 Å². The number of unbranched alkanes of at least 4 members (excludes halogenated alkanes) is 23. The quantitative estimate of drug-likeness (QED) is 0.0625. The van der Waals surface area contributed by atoms with Crippen LogP contribution in [0, 0.1) is 5.41 Å². The summed E-state index contributed by atoms with van der Waals surface area (Å²) in [6.45, 7) is 9.36. The zero-order valence-electron chi connectivity index (χ0n) is 27.8. The highest BCUT2D eigenvalue weighted by Crippen LogP contribution is 2.22. The van der Waals surface area contributed by atoms with E-state index in [1.54, 1.807) is 0 Å². The maximum Gasteiger partial charge on any atom is -0.0351 e. The van der Waals surface area contributed by atoms with Gasteiger partial charge in [0, 0.05) is 0 Å². The molecule has 0 aromatic heterocycles. The van der Waals surface area contributed by atoms with E-state index in [0.29, 0.717) is 5.41 Å². The van der Waals surface area contributed by atoms with Crippen molar-refractivity contribution in [3.8, 4) is 0 Å². The van der Waals surface area contributed by atoms with Gasteiger partial charge in [-0.1, -0.05) is 160 Å². The third kappa shape index (κ3) is 37.2. The van der Waals surface area contributed by atoms with E-state index in [4.69, 9.17) is 0 Å². The van der Waals surface area contributed by atoms with Crippen LogP contribution in [0.3, 0.4) is 0 Å². The molecule has 0 spiro atoms. The third-order valence-electron chi connectivity index (χ3n) is 8.01. The lowest BCUT2D eigenvalue weighted by atomic mass is 9.89. The van der Waals surface area contributed by atoms with E-state index >= 15 is 0 Å².